The van der Waals surface area contributed by atoms with Gasteiger partial charge in [-0.25, -0.2) is 0 Å². The van der Waals surface area contributed by atoms with E-state index in [4.69, 9.17) is 0 Å². The van der Waals surface area contributed by atoms with Gasteiger partial charge in [0.25, 0.3) is 0 Å². The summed E-state index contributed by atoms with van der Waals surface area (Å²) in [6, 6.07) is 0. The van der Waals surface area contributed by atoms with Gasteiger partial charge in [-0.15, -0.1) is 0 Å². The van der Waals surface area contributed by atoms with Crippen molar-refractivity contribution in [2.75, 3.05) is 0 Å². The summed E-state index contributed by atoms with van der Waals surface area (Å²) in [5.41, 5.74) is 1.57. The number of unbranched alkanes of at least 4 members (excludes halogenated alkanes) is 1. The minimum Gasteiger partial charge on any atom is -0.0806 e. The Hall–Kier alpha value is -0.520. The van der Waals surface area contributed by atoms with Crippen LogP contribution in [0, 0.1) is 11.8 Å². The lowest BCUT2D eigenvalue weighted by atomic mass is 9.81. The maximum Gasteiger partial charge on any atom is -0.0167 e. The molecule has 2 unspecified atom stereocenters. The van der Waals surface area contributed by atoms with Gasteiger partial charge in [-0.05, 0) is 37.5 Å². The highest BCUT2D eigenvalue weighted by Gasteiger charge is 2.16. The first-order chi connectivity index (χ1) is 6.81. The number of hydrogen-bond acceptors (Lipinski definition) is 0. The zero-order valence-electron chi connectivity index (χ0n) is 9.92. The molecule has 0 saturated carbocycles. The van der Waals surface area contributed by atoms with Crippen molar-refractivity contribution >= 4 is 0 Å². The Balaban J connectivity index is 2.54. The Bertz CT molecular complexity index is 210. The van der Waals surface area contributed by atoms with Gasteiger partial charge in [0.1, 0.15) is 0 Å². The van der Waals surface area contributed by atoms with Crippen molar-refractivity contribution in [3.05, 3.63) is 23.8 Å². The second-order valence-corrected chi connectivity index (χ2v) is 4.35. The molecule has 0 heteroatoms. The van der Waals surface area contributed by atoms with Gasteiger partial charge in [0.2, 0.25) is 0 Å². The molecule has 0 spiro atoms. The predicted octanol–water partition coefficient (Wildman–Crippen LogP) is 4.73. The third kappa shape index (κ3) is 3.01. The van der Waals surface area contributed by atoms with Crippen molar-refractivity contribution in [3.8, 4) is 0 Å². The maximum absolute atomic E-state index is 2.52. The summed E-state index contributed by atoms with van der Waals surface area (Å²) in [5.74, 6) is 1.60. The smallest absolute Gasteiger partial charge is 0.0167 e. The number of allylic oxidation sites excluding steroid dienone is 4. The normalized spacial score (nSPS) is 26.4. The third-order valence-corrected chi connectivity index (χ3v) is 3.30. The summed E-state index contributed by atoms with van der Waals surface area (Å²) >= 11 is 0. The molecule has 2 atom stereocenters. The average molecular weight is 192 g/mol. The highest BCUT2D eigenvalue weighted by molar-refractivity contribution is 5.25. The first-order valence-electron chi connectivity index (χ1n) is 6.20. The molecule has 1 aliphatic carbocycles. The summed E-state index contributed by atoms with van der Waals surface area (Å²) < 4.78 is 0. The van der Waals surface area contributed by atoms with Crippen molar-refractivity contribution in [3.63, 3.8) is 0 Å². The van der Waals surface area contributed by atoms with Gasteiger partial charge in [0.05, 0.1) is 0 Å². The van der Waals surface area contributed by atoms with E-state index in [-0.39, 0.29) is 0 Å². The van der Waals surface area contributed by atoms with E-state index < -0.39 is 0 Å². The van der Waals surface area contributed by atoms with Gasteiger partial charge in [0, 0.05) is 0 Å². The Morgan fingerprint density at radius 1 is 1.07 bits per heavy atom. The van der Waals surface area contributed by atoms with Crippen LogP contribution in [0.1, 0.15) is 52.9 Å². The molecule has 0 aromatic carbocycles. The van der Waals surface area contributed by atoms with E-state index in [9.17, 15) is 0 Å². The van der Waals surface area contributed by atoms with E-state index >= 15 is 0 Å². The van der Waals surface area contributed by atoms with Crippen LogP contribution in [-0.2, 0) is 0 Å². The van der Waals surface area contributed by atoms with Gasteiger partial charge in [0.15, 0.2) is 0 Å². The van der Waals surface area contributed by atoms with Crippen molar-refractivity contribution in [1.82, 2.24) is 0 Å². The van der Waals surface area contributed by atoms with Crippen molar-refractivity contribution in [2.24, 2.45) is 11.8 Å². The summed E-state index contributed by atoms with van der Waals surface area (Å²) in [6.07, 6.45) is 13.8. The topological polar surface area (TPSA) is 0 Å². The van der Waals surface area contributed by atoms with Crippen LogP contribution in [0.2, 0.25) is 0 Å². The monoisotopic (exact) mass is 192 g/mol. The minimum atomic E-state index is 0.797. The molecule has 0 bridgehead atoms. The number of hydrogen-bond donors (Lipinski definition) is 0. The lowest BCUT2D eigenvalue weighted by Crippen LogP contribution is -2.12. The van der Waals surface area contributed by atoms with Crippen LogP contribution >= 0.6 is 0 Å². The van der Waals surface area contributed by atoms with E-state index in [2.05, 4.69) is 39.0 Å². The summed E-state index contributed by atoms with van der Waals surface area (Å²) in [6.45, 7) is 6.86. The zero-order chi connectivity index (χ0) is 10.4. The van der Waals surface area contributed by atoms with Crippen molar-refractivity contribution in [2.45, 2.75) is 52.9 Å². The van der Waals surface area contributed by atoms with Crippen LogP contribution in [0.3, 0.4) is 0 Å². The van der Waals surface area contributed by atoms with E-state index in [1.54, 1.807) is 5.57 Å². The Morgan fingerprint density at radius 3 is 2.36 bits per heavy atom. The molecule has 0 aromatic heterocycles. The van der Waals surface area contributed by atoms with Gasteiger partial charge < -0.3 is 0 Å². The molecule has 0 fully saturated rings. The fraction of sp³-hybridized carbons (Fsp3) is 0.714. The zero-order valence-corrected chi connectivity index (χ0v) is 9.92. The minimum absolute atomic E-state index is 0.797. The van der Waals surface area contributed by atoms with Crippen LogP contribution < -0.4 is 0 Å². The van der Waals surface area contributed by atoms with Crippen LogP contribution in [-0.4, -0.2) is 0 Å². The largest absolute Gasteiger partial charge is 0.0806 e. The standard InChI is InChI=1S/C14H24/c1-4-7-8-12-9-10-13(5-2)14(6-3)11-12/h9-11,13-14H,4-8H2,1-3H3. The molecule has 14 heavy (non-hydrogen) atoms. The highest BCUT2D eigenvalue weighted by Crippen LogP contribution is 2.29. The fourth-order valence-corrected chi connectivity index (χ4v) is 2.25. The molecular formula is C14H24. The molecule has 0 aliphatic heterocycles. The van der Waals surface area contributed by atoms with E-state index in [0.717, 1.165) is 11.8 Å². The second-order valence-electron chi connectivity index (χ2n) is 4.35. The SMILES string of the molecule is CCCCC1=CC(CC)C(CC)C=C1. The van der Waals surface area contributed by atoms with Gasteiger partial charge >= 0.3 is 0 Å². The maximum atomic E-state index is 2.52. The molecular weight excluding hydrogens is 168 g/mol. The summed E-state index contributed by atoms with van der Waals surface area (Å²) in [5, 5.41) is 0. The predicted molar refractivity (Wildman–Crippen MR) is 64.3 cm³/mol. The summed E-state index contributed by atoms with van der Waals surface area (Å²) in [4.78, 5) is 0. The first kappa shape index (κ1) is 11.6. The Kier molecular flexibility index (Phi) is 5.00. The first-order valence-corrected chi connectivity index (χ1v) is 6.20. The second kappa shape index (κ2) is 6.06. The number of rotatable bonds is 5. The van der Waals surface area contributed by atoms with E-state index in [1.807, 2.05) is 0 Å². The molecule has 0 radical (unpaired) electrons. The Morgan fingerprint density at radius 2 is 1.79 bits per heavy atom. The Labute approximate surface area is 89.1 Å². The third-order valence-electron chi connectivity index (χ3n) is 3.30. The van der Waals surface area contributed by atoms with Crippen molar-refractivity contribution < 1.29 is 0 Å². The molecule has 0 nitrogen and oxygen atoms in total. The van der Waals surface area contributed by atoms with Crippen molar-refractivity contribution in [1.29, 1.82) is 0 Å². The van der Waals surface area contributed by atoms with Crippen LogP contribution in [0.4, 0.5) is 0 Å². The molecule has 80 valence electrons. The van der Waals surface area contributed by atoms with E-state index in [1.165, 1.54) is 32.1 Å². The molecule has 0 heterocycles. The van der Waals surface area contributed by atoms with Crippen LogP contribution in [0.25, 0.3) is 0 Å². The fourth-order valence-electron chi connectivity index (χ4n) is 2.25. The van der Waals surface area contributed by atoms with Crippen LogP contribution in [0.5, 0.6) is 0 Å². The average Bonchev–Trinajstić information content (AvgIpc) is 2.25. The molecule has 1 aliphatic rings. The van der Waals surface area contributed by atoms with Gasteiger partial charge in [-0.3, -0.25) is 0 Å². The van der Waals surface area contributed by atoms with E-state index in [0.29, 0.717) is 0 Å². The highest BCUT2D eigenvalue weighted by atomic mass is 14.2. The molecule has 1 rings (SSSR count). The lowest BCUT2D eigenvalue weighted by molar-refractivity contribution is 0.440. The van der Waals surface area contributed by atoms with Gasteiger partial charge in [-0.1, -0.05) is 51.0 Å². The molecule has 0 saturated heterocycles. The van der Waals surface area contributed by atoms with Gasteiger partial charge in [-0.2, -0.15) is 0 Å². The molecule has 0 N–H and O–H groups in total. The summed E-state index contributed by atoms with van der Waals surface area (Å²) in [7, 11) is 0. The lowest BCUT2D eigenvalue weighted by Gasteiger charge is -2.24. The molecule has 0 amide bonds. The quantitative estimate of drug-likeness (QED) is 0.591. The van der Waals surface area contributed by atoms with Crippen LogP contribution in [0.15, 0.2) is 23.8 Å². The molecule has 0 aromatic rings.